The number of hydrogen-bond donors (Lipinski definition) is 0. The van der Waals surface area contributed by atoms with Gasteiger partial charge in [0.1, 0.15) is 0 Å². The van der Waals surface area contributed by atoms with E-state index in [0.717, 1.165) is 54.6 Å². The third kappa shape index (κ3) is 3.05. The van der Waals surface area contributed by atoms with Gasteiger partial charge in [-0.25, -0.2) is 0 Å². The van der Waals surface area contributed by atoms with Crippen LogP contribution in [-0.2, 0) is 12.8 Å². The van der Waals surface area contributed by atoms with E-state index >= 15 is 0 Å². The molecular formula is C19H21ClN2OS. The van der Waals surface area contributed by atoms with Gasteiger partial charge in [0.15, 0.2) is 0 Å². The van der Waals surface area contributed by atoms with Crippen LogP contribution in [0.4, 0.5) is 5.69 Å². The van der Waals surface area contributed by atoms with E-state index in [1.807, 2.05) is 29.2 Å². The number of fused-ring (bicyclic) bond motifs is 1. The summed E-state index contributed by atoms with van der Waals surface area (Å²) in [5, 5.41) is 0.781. The van der Waals surface area contributed by atoms with E-state index in [9.17, 15) is 4.79 Å². The summed E-state index contributed by atoms with van der Waals surface area (Å²) in [6.45, 7) is 3.18. The number of thiophene rings is 1. The number of amides is 1. The third-order valence-electron chi connectivity index (χ3n) is 4.97. The lowest BCUT2D eigenvalue weighted by Gasteiger charge is -2.36. The summed E-state index contributed by atoms with van der Waals surface area (Å²) >= 11 is 8.00. The molecule has 1 saturated heterocycles. The van der Waals surface area contributed by atoms with Gasteiger partial charge >= 0.3 is 0 Å². The molecule has 3 nitrogen and oxygen atoms in total. The Hall–Kier alpha value is -1.52. The molecule has 2 heterocycles. The molecule has 0 unspecified atom stereocenters. The van der Waals surface area contributed by atoms with Gasteiger partial charge in [0, 0.05) is 31.1 Å². The Balaban J connectivity index is 1.43. The molecule has 4 rings (SSSR count). The van der Waals surface area contributed by atoms with E-state index in [0.29, 0.717) is 0 Å². The van der Waals surface area contributed by atoms with Crippen molar-refractivity contribution in [1.82, 2.24) is 4.90 Å². The van der Waals surface area contributed by atoms with Crippen LogP contribution in [0.5, 0.6) is 0 Å². The Kier molecular flexibility index (Phi) is 4.51. The summed E-state index contributed by atoms with van der Waals surface area (Å²) in [5.74, 6) is 0.202. The lowest BCUT2D eigenvalue weighted by atomic mass is 9.99. The van der Waals surface area contributed by atoms with Crippen molar-refractivity contribution in [2.24, 2.45) is 0 Å². The molecule has 1 aromatic carbocycles. The molecule has 1 aliphatic carbocycles. The van der Waals surface area contributed by atoms with Gasteiger partial charge in [0.25, 0.3) is 5.91 Å². The maximum Gasteiger partial charge on any atom is 0.264 e. The molecule has 5 heteroatoms. The number of aryl methyl sites for hydroxylation is 2. The summed E-state index contributed by atoms with van der Waals surface area (Å²) < 4.78 is 0. The number of carbonyl (C=O) groups is 1. The van der Waals surface area contributed by atoms with Crippen molar-refractivity contribution >= 4 is 34.5 Å². The number of carbonyl (C=O) groups excluding carboxylic acids is 1. The van der Waals surface area contributed by atoms with Crippen LogP contribution < -0.4 is 4.90 Å². The predicted molar refractivity (Wildman–Crippen MR) is 101 cm³/mol. The first kappa shape index (κ1) is 16.0. The largest absolute Gasteiger partial charge is 0.367 e. The maximum atomic E-state index is 12.8. The van der Waals surface area contributed by atoms with Gasteiger partial charge in [-0.1, -0.05) is 23.7 Å². The second-order valence-electron chi connectivity index (χ2n) is 6.50. The predicted octanol–water partition coefficient (Wildman–Crippen LogP) is 4.24. The summed E-state index contributed by atoms with van der Waals surface area (Å²) in [5.41, 5.74) is 2.47. The minimum atomic E-state index is 0.202. The fourth-order valence-corrected chi connectivity index (χ4v) is 5.09. The number of piperazine rings is 1. The van der Waals surface area contributed by atoms with E-state index in [1.54, 1.807) is 11.3 Å². The van der Waals surface area contributed by atoms with Gasteiger partial charge in [-0.05, 0) is 49.4 Å². The zero-order chi connectivity index (χ0) is 16.5. The monoisotopic (exact) mass is 360 g/mol. The lowest BCUT2D eigenvalue weighted by molar-refractivity contribution is 0.0751. The van der Waals surface area contributed by atoms with Crippen LogP contribution in [0.3, 0.4) is 0 Å². The number of para-hydroxylation sites is 1. The molecule has 1 amide bonds. The molecule has 1 aromatic heterocycles. The second-order valence-corrected chi connectivity index (χ2v) is 8.04. The summed E-state index contributed by atoms with van der Waals surface area (Å²) in [7, 11) is 0. The highest BCUT2D eigenvalue weighted by Crippen LogP contribution is 2.31. The van der Waals surface area contributed by atoms with Crippen LogP contribution in [0.2, 0.25) is 5.02 Å². The normalized spacial score (nSPS) is 17.7. The van der Waals surface area contributed by atoms with Gasteiger partial charge < -0.3 is 9.80 Å². The fraction of sp³-hybridized carbons (Fsp3) is 0.421. The smallest absolute Gasteiger partial charge is 0.264 e. The number of anilines is 1. The zero-order valence-electron chi connectivity index (χ0n) is 13.6. The Morgan fingerprint density at radius 1 is 1.04 bits per heavy atom. The molecular weight excluding hydrogens is 340 g/mol. The zero-order valence-corrected chi connectivity index (χ0v) is 15.2. The van der Waals surface area contributed by atoms with Gasteiger partial charge in [-0.15, -0.1) is 11.3 Å². The average Bonchev–Trinajstić information content (AvgIpc) is 3.06. The van der Waals surface area contributed by atoms with Crippen LogP contribution in [0.25, 0.3) is 0 Å². The van der Waals surface area contributed by atoms with Crippen LogP contribution in [-0.4, -0.2) is 37.0 Å². The SMILES string of the molecule is O=C(c1cc2c(s1)CCCC2)N1CCN(c2ccccc2Cl)CC1. The molecule has 126 valence electrons. The van der Waals surface area contributed by atoms with Gasteiger partial charge in [-0.3, -0.25) is 4.79 Å². The van der Waals surface area contributed by atoms with E-state index in [-0.39, 0.29) is 5.91 Å². The topological polar surface area (TPSA) is 23.6 Å². The van der Waals surface area contributed by atoms with E-state index < -0.39 is 0 Å². The first-order valence-corrected chi connectivity index (χ1v) is 9.82. The molecule has 0 N–H and O–H groups in total. The molecule has 0 bridgehead atoms. The fourth-order valence-electron chi connectivity index (χ4n) is 3.61. The average molecular weight is 361 g/mol. The first-order chi connectivity index (χ1) is 11.7. The van der Waals surface area contributed by atoms with E-state index in [2.05, 4.69) is 11.0 Å². The highest BCUT2D eigenvalue weighted by atomic mass is 35.5. The Labute approximate surface area is 151 Å². The van der Waals surface area contributed by atoms with Crippen molar-refractivity contribution in [3.8, 4) is 0 Å². The van der Waals surface area contributed by atoms with Crippen LogP contribution in [0.15, 0.2) is 30.3 Å². The molecule has 1 aliphatic heterocycles. The number of benzene rings is 1. The Morgan fingerprint density at radius 3 is 2.54 bits per heavy atom. The molecule has 2 aromatic rings. The van der Waals surface area contributed by atoms with Gasteiger partial charge in [0.2, 0.25) is 0 Å². The van der Waals surface area contributed by atoms with Gasteiger partial charge in [0.05, 0.1) is 15.6 Å². The second kappa shape index (κ2) is 6.77. The van der Waals surface area contributed by atoms with Gasteiger partial charge in [-0.2, -0.15) is 0 Å². The highest BCUT2D eigenvalue weighted by molar-refractivity contribution is 7.14. The maximum absolute atomic E-state index is 12.8. The highest BCUT2D eigenvalue weighted by Gasteiger charge is 2.25. The molecule has 1 fully saturated rings. The third-order valence-corrected chi connectivity index (χ3v) is 6.51. The van der Waals surface area contributed by atoms with Crippen LogP contribution >= 0.6 is 22.9 Å². The number of halogens is 1. The molecule has 0 saturated carbocycles. The van der Waals surface area contributed by atoms with E-state index in [4.69, 9.17) is 11.6 Å². The summed E-state index contributed by atoms with van der Waals surface area (Å²) in [6, 6.07) is 10.1. The number of rotatable bonds is 2. The molecule has 0 atom stereocenters. The van der Waals surface area contributed by atoms with Crippen molar-refractivity contribution in [2.45, 2.75) is 25.7 Å². The first-order valence-electron chi connectivity index (χ1n) is 8.63. The summed E-state index contributed by atoms with van der Waals surface area (Å²) in [6.07, 6.45) is 4.80. The molecule has 2 aliphatic rings. The minimum absolute atomic E-state index is 0.202. The minimum Gasteiger partial charge on any atom is -0.367 e. The van der Waals surface area contributed by atoms with Crippen molar-refractivity contribution < 1.29 is 4.79 Å². The lowest BCUT2D eigenvalue weighted by Crippen LogP contribution is -2.48. The Morgan fingerprint density at radius 2 is 1.79 bits per heavy atom. The Bertz CT molecular complexity index is 726. The molecule has 0 spiro atoms. The summed E-state index contributed by atoms with van der Waals surface area (Å²) in [4.78, 5) is 19.4. The standard InChI is InChI=1S/C19H21ClN2OS/c20-15-6-2-3-7-16(15)21-9-11-22(12-10-21)19(23)18-13-14-5-1-4-8-17(14)24-18/h2-3,6-7,13H,1,4-5,8-12H2. The molecule has 24 heavy (non-hydrogen) atoms. The number of hydrogen-bond acceptors (Lipinski definition) is 3. The molecule has 0 radical (unpaired) electrons. The van der Waals surface area contributed by atoms with Crippen molar-refractivity contribution in [3.05, 3.63) is 50.7 Å². The van der Waals surface area contributed by atoms with Crippen LogP contribution in [0, 0.1) is 0 Å². The van der Waals surface area contributed by atoms with Crippen molar-refractivity contribution in [1.29, 1.82) is 0 Å². The van der Waals surface area contributed by atoms with Crippen molar-refractivity contribution in [2.75, 3.05) is 31.1 Å². The van der Waals surface area contributed by atoms with E-state index in [1.165, 1.54) is 23.3 Å². The quantitative estimate of drug-likeness (QED) is 0.799. The number of nitrogens with zero attached hydrogens (tertiary/aromatic N) is 2. The van der Waals surface area contributed by atoms with Crippen molar-refractivity contribution in [3.63, 3.8) is 0 Å². The van der Waals surface area contributed by atoms with Crippen LogP contribution in [0.1, 0.15) is 33.0 Å².